The Labute approximate surface area is 147 Å². The van der Waals surface area contributed by atoms with E-state index in [-0.39, 0.29) is 23.6 Å². The summed E-state index contributed by atoms with van der Waals surface area (Å²) in [6.07, 6.45) is -1.81. The smallest absolute Gasteiger partial charge is 0.442 e. The van der Waals surface area contributed by atoms with Crippen molar-refractivity contribution in [2.24, 2.45) is 22.1 Å². The average molecular weight is 369 g/mol. The van der Waals surface area contributed by atoms with Crippen molar-refractivity contribution in [1.29, 1.82) is 0 Å². The molecule has 0 radical (unpaired) electrons. The molecular weight excluding hydrogens is 351 g/mol. The molecule has 1 N–H and O–H groups in total. The monoisotopic (exact) mass is 369 g/mol. The first kappa shape index (κ1) is 18.3. The van der Waals surface area contributed by atoms with E-state index in [4.69, 9.17) is 4.74 Å². The van der Waals surface area contributed by atoms with Gasteiger partial charge in [0, 0.05) is 17.7 Å². The third kappa shape index (κ3) is 3.71. The zero-order chi connectivity index (χ0) is 18.9. The molecule has 0 aromatic heterocycles. The molecule has 6 nitrogen and oxygen atoms in total. The van der Waals surface area contributed by atoms with Gasteiger partial charge in [0.2, 0.25) is 0 Å². The van der Waals surface area contributed by atoms with Crippen molar-refractivity contribution in [3.05, 3.63) is 35.4 Å². The van der Waals surface area contributed by atoms with Crippen LogP contribution in [0.5, 0.6) is 0 Å². The minimum Gasteiger partial charge on any atom is -0.469 e. The Morgan fingerprint density at radius 2 is 1.88 bits per heavy atom. The Bertz CT molecular complexity index is 721. The molecule has 1 aliphatic heterocycles. The van der Waals surface area contributed by atoms with Gasteiger partial charge in [-0.3, -0.25) is 9.59 Å². The van der Waals surface area contributed by atoms with Gasteiger partial charge in [0.25, 0.3) is 5.91 Å². The van der Waals surface area contributed by atoms with Gasteiger partial charge < -0.3 is 10.1 Å². The van der Waals surface area contributed by atoms with Crippen molar-refractivity contribution in [1.82, 2.24) is 5.32 Å². The average Bonchev–Trinajstić information content (AvgIpc) is 3.50. The number of methoxy groups -OCH3 is 1. The zero-order valence-electron chi connectivity index (χ0n) is 14.0. The normalized spacial score (nSPS) is 18.9. The minimum absolute atomic E-state index is 0.126. The first-order valence-corrected chi connectivity index (χ1v) is 8.24. The fraction of sp³-hybridized carbons (Fsp3) is 0.529. The van der Waals surface area contributed by atoms with E-state index >= 15 is 0 Å². The van der Waals surface area contributed by atoms with Crippen molar-refractivity contribution >= 4 is 11.9 Å². The number of rotatable bonds is 7. The molecule has 1 heterocycles. The number of amides is 1. The first-order chi connectivity index (χ1) is 12.3. The van der Waals surface area contributed by atoms with Crippen molar-refractivity contribution in [3.8, 4) is 0 Å². The van der Waals surface area contributed by atoms with Crippen LogP contribution in [-0.2, 0) is 15.2 Å². The number of ether oxygens (including phenoxy) is 1. The SMILES string of the molecule is COC(=O)C(CNC(=O)c1ccc(C2(C(F)(F)F)N=N2)cc1)CC1CC1. The van der Waals surface area contributed by atoms with E-state index in [2.05, 4.69) is 15.5 Å². The molecule has 26 heavy (non-hydrogen) atoms. The molecule has 140 valence electrons. The van der Waals surface area contributed by atoms with Crippen LogP contribution < -0.4 is 5.32 Å². The summed E-state index contributed by atoms with van der Waals surface area (Å²) in [5.41, 5.74) is -2.44. The summed E-state index contributed by atoms with van der Waals surface area (Å²) in [7, 11) is 1.30. The number of benzene rings is 1. The van der Waals surface area contributed by atoms with Gasteiger partial charge in [-0.2, -0.15) is 13.2 Å². The lowest BCUT2D eigenvalue weighted by molar-refractivity contribution is -0.166. The van der Waals surface area contributed by atoms with Crippen molar-refractivity contribution in [2.75, 3.05) is 13.7 Å². The van der Waals surface area contributed by atoms with Gasteiger partial charge in [-0.15, -0.1) is 10.2 Å². The third-order valence-electron chi connectivity index (χ3n) is 4.60. The van der Waals surface area contributed by atoms with Crippen LogP contribution in [0, 0.1) is 11.8 Å². The Kier molecular flexibility index (Phi) is 4.72. The molecule has 1 aliphatic carbocycles. The second-order valence-electron chi connectivity index (χ2n) is 6.56. The van der Waals surface area contributed by atoms with E-state index in [0.29, 0.717) is 12.3 Å². The summed E-state index contributed by atoms with van der Waals surface area (Å²) < 4.78 is 43.6. The van der Waals surface area contributed by atoms with Crippen LogP contribution in [0.25, 0.3) is 0 Å². The Morgan fingerprint density at radius 1 is 1.27 bits per heavy atom. The lowest BCUT2D eigenvalue weighted by Gasteiger charge is -2.16. The van der Waals surface area contributed by atoms with E-state index in [0.717, 1.165) is 12.8 Å². The topological polar surface area (TPSA) is 80.1 Å². The van der Waals surface area contributed by atoms with Gasteiger partial charge in [-0.05, 0) is 24.5 Å². The van der Waals surface area contributed by atoms with Crippen LogP contribution in [0.15, 0.2) is 34.5 Å². The number of hydrogen-bond donors (Lipinski definition) is 1. The van der Waals surface area contributed by atoms with Gasteiger partial charge in [-0.25, -0.2) is 0 Å². The number of hydrogen-bond acceptors (Lipinski definition) is 5. The first-order valence-electron chi connectivity index (χ1n) is 8.24. The summed E-state index contributed by atoms with van der Waals surface area (Å²) in [4.78, 5) is 24.0. The number of carbonyl (C=O) groups is 2. The van der Waals surface area contributed by atoms with Gasteiger partial charge in [0.05, 0.1) is 13.0 Å². The molecule has 1 aromatic carbocycles. The largest absolute Gasteiger partial charge is 0.469 e. The summed E-state index contributed by atoms with van der Waals surface area (Å²) in [5.74, 6) is -0.781. The molecule has 0 bridgehead atoms. The van der Waals surface area contributed by atoms with Crippen molar-refractivity contribution in [2.45, 2.75) is 31.1 Å². The summed E-state index contributed by atoms with van der Waals surface area (Å²) in [5, 5.41) is 8.88. The number of nitrogens with zero attached hydrogens (tertiary/aromatic N) is 2. The van der Waals surface area contributed by atoms with Crippen molar-refractivity contribution < 1.29 is 27.5 Å². The fourth-order valence-corrected chi connectivity index (χ4v) is 2.80. The maximum atomic E-state index is 13.0. The van der Waals surface area contributed by atoms with E-state index in [9.17, 15) is 22.8 Å². The number of carbonyl (C=O) groups excluding carboxylic acids is 2. The van der Waals surface area contributed by atoms with E-state index in [1.807, 2.05) is 0 Å². The van der Waals surface area contributed by atoms with Gasteiger partial charge >= 0.3 is 17.8 Å². The Balaban J connectivity index is 1.60. The van der Waals surface area contributed by atoms with Crippen LogP contribution in [-0.4, -0.2) is 31.7 Å². The van der Waals surface area contributed by atoms with Crippen LogP contribution in [0.2, 0.25) is 0 Å². The fourth-order valence-electron chi connectivity index (χ4n) is 2.80. The highest BCUT2D eigenvalue weighted by Gasteiger charge is 2.65. The van der Waals surface area contributed by atoms with Crippen LogP contribution in [0.3, 0.4) is 0 Å². The maximum absolute atomic E-state index is 13.0. The number of nitrogens with one attached hydrogen (secondary N) is 1. The molecule has 1 fully saturated rings. The van der Waals surface area contributed by atoms with Gasteiger partial charge in [0.15, 0.2) is 0 Å². The molecular formula is C17H18F3N3O3. The van der Waals surface area contributed by atoms with E-state index < -0.39 is 23.7 Å². The van der Waals surface area contributed by atoms with Crippen LogP contribution >= 0.6 is 0 Å². The quantitative estimate of drug-likeness (QED) is 0.750. The summed E-state index contributed by atoms with van der Waals surface area (Å²) in [6, 6.07) is 4.94. The van der Waals surface area contributed by atoms with Crippen molar-refractivity contribution in [3.63, 3.8) is 0 Å². The lowest BCUT2D eigenvalue weighted by atomic mass is 10.0. The van der Waals surface area contributed by atoms with Crippen LogP contribution in [0.4, 0.5) is 13.2 Å². The summed E-state index contributed by atoms with van der Waals surface area (Å²) >= 11 is 0. The molecule has 9 heteroatoms. The molecule has 1 unspecified atom stereocenters. The summed E-state index contributed by atoms with van der Waals surface area (Å²) in [6.45, 7) is 0.126. The zero-order valence-corrected chi connectivity index (χ0v) is 14.0. The van der Waals surface area contributed by atoms with Gasteiger partial charge in [-0.1, -0.05) is 25.0 Å². The Morgan fingerprint density at radius 3 is 2.35 bits per heavy atom. The highest BCUT2D eigenvalue weighted by Crippen LogP contribution is 2.52. The molecule has 1 saturated carbocycles. The second-order valence-corrected chi connectivity index (χ2v) is 6.56. The molecule has 1 aromatic rings. The molecule has 3 rings (SSSR count). The molecule has 1 amide bonds. The molecule has 2 aliphatic rings. The molecule has 0 spiro atoms. The van der Waals surface area contributed by atoms with E-state index in [1.54, 1.807) is 0 Å². The predicted molar refractivity (Wildman–Crippen MR) is 84.2 cm³/mol. The lowest BCUT2D eigenvalue weighted by Crippen LogP contribution is -2.34. The number of alkyl halides is 3. The Hall–Kier alpha value is -2.45. The minimum atomic E-state index is -4.60. The van der Waals surface area contributed by atoms with E-state index in [1.165, 1.54) is 31.4 Å². The molecule has 1 atom stereocenters. The maximum Gasteiger partial charge on any atom is 0.442 e. The highest BCUT2D eigenvalue weighted by atomic mass is 19.4. The van der Waals surface area contributed by atoms with Gasteiger partial charge in [0.1, 0.15) is 0 Å². The van der Waals surface area contributed by atoms with Crippen LogP contribution in [0.1, 0.15) is 35.2 Å². The number of halogens is 3. The standard InChI is InChI=1S/C17H18F3N3O3/c1-26-15(25)12(8-10-2-3-10)9-21-14(24)11-4-6-13(7-5-11)16(22-23-16)17(18,19)20/h4-7,10,12H,2-3,8-9H2,1H3,(H,21,24). The second kappa shape index (κ2) is 6.69. The highest BCUT2D eigenvalue weighted by molar-refractivity contribution is 5.94. The third-order valence-corrected chi connectivity index (χ3v) is 4.60. The molecule has 0 saturated heterocycles. The number of esters is 1. The predicted octanol–water partition coefficient (Wildman–Crippen LogP) is 3.19.